The highest BCUT2D eigenvalue weighted by molar-refractivity contribution is 5.94. The third-order valence-corrected chi connectivity index (χ3v) is 5.84. The van der Waals surface area contributed by atoms with Crippen LogP contribution in [0.3, 0.4) is 0 Å². The van der Waals surface area contributed by atoms with Crippen LogP contribution in [0.1, 0.15) is 46.4 Å². The summed E-state index contributed by atoms with van der Waals surface area (Å²) in [5.41, 5.74) is 5.71. The Morgan fingerprint density at radius 2 is 1.49 bits per heavy atom. The Kier molecular flexibility index (Phi) is 9.84. The summed E-state index contributed by atoms with van der Waals surface area (Å²) < 4.78 is 11.7. The number of amides is 2. The third-order valence-electron chi connectivity index (χ3n) is 5.84. The summed E-state index contributed by atoms with van der Waals surface area (Å²) in [5.74, 6) is 0.637. The molecule has 1 atom stereocenters. The maximum absolute atomic E-state index is 12.8. The largest absolute Gasteiger partial charge is 0.490 e. The predicted molar refractivity (Wildman–Crippen MR) is 152 cm³/mol. The lowest BCUT2D eigenvalue weighted by atomic mass is 10.0. The summed E-state index contributed by atoms with van der Waals surface area (Å²) in [4.78, 5) is 25.5. The van der Waals surface area contributed by atoms with Crippen LogP contribution in [-0.2, 0) is 11.4 Å². The van der Waals surface area contributed by atoms with E-state index in [1.807, 2.05) is 91.9 Å². The molecule has 198 valence electrons. The van der Waals surface area contributed by atoms with Crippen LogP contribution >= 0.6 is 0 Å². The Morgan fingerprint density at radius 1 is 0.821 bits per heavy atom. The van der Waals surface area contributed by atoms with Gasteiger partial charge in [-0.2, -0.15) is 5.10 Å². The number of ether oxygens (including phenoxy) is 2. The van der Waals surface area contributed by atoms with Crippen LogP contribution in [0.4, 0.5) is 0 Å². The number of carbonyl (C=O) groups is 2. The van der Waals surface area contributed by atoms with Crippen LogP contribution < -0.4 is 20.2 Å². The van der Waals surface area contributed by atoms with Gasteiger partial charge in [-0.15, -0.1) is 0 Å². The van der Waals surface area contributed by atoms with Crippen molar-refractivity contribution in [1.29, 1.82) is 0 Å². The second-order valence-electron chi connectivity index (χ2n) is 8.71. The zero-order valence-electron chi connectivity index (χ0n) is 21.7. The van der Waals surface area contributed by atoms with E-state index in [0.29, 0.717) is 30.3 Å². The number of hydrogen-bond acceptors (Lipinski definition) is 5. The van der Waals surface area contributed by atoms with Gasteiger partial charge in [-0.1, -0.05) is 78.9 Å². The van der Waals surface area contributed by atoms with Gasteiger partial charge in [0.15, 0.2) is 11.5 Å². The number of hydrazone groups is 1. The van der Waals surface area contributed by atoms with Crippen molar-refractivity contribution >= 4 is 18.0 Å². The average molecular weight is 522 g/mol. The molecule has 0 aliphatic heterocycles. The highest BCUT2D eigenvalue weighted by Crippen LogP contribution is 2.29. The SMILES string of the molecule is CCOc1cc(/C=N\NC(=O)C[C@H](NC(=O)c2ccccc2)c2ccccc2)ccc1OCc1ccccc1. The molecule has 2 N–H and O–H groups in total. The predicted octanol–water partition coefficient (Wildman–Crippen LogP) is 5.68. The van der Waals surface area contributed by atoms with Crippen molar-refractivity contribution in [1.82, 2.24) is 10.7 Å². The molecule has 7 nitrogen and oxygen atoms in total. The molecule has 0 aliphatic rings. The Bertz CT molecular complexity index is 1380. The van der Waals surface area contributed by atoms with Crippen LogP contribution in [-0.4, -0.2) is 24.6 Å². The Morgan fingerprint density at radius 3 is 2.18 bits per heavy atom. The molecule has 7 heteroatoms. The van der Waals surface area contributed by atoms with Gasteiger partial charge >= 0.3 is 0 Å². The van der Waals surface area contributed by atoms with Gasteiger partial charge in [0.25, 0.3) is 5.91 Å². The zero-order chi connectivity index (χ0) is 27.3. The number of hydrogen-bond donors (Lipinski definition) is 2. The number of nitrogens with zero attached hydrogens (tertiary/aromatic N) is 1. The average Bonchev–Trinajstić information content (AvgIpc) is 2.98. The van der Waals surface area contributed by atoms with E-state index in [1.165, 1.54) is 0 Å². The smallest absolute Gasteiger partial charge is 0.251 e. The maximum Gasteiger partial charge on any atom is 0.251 e. The quantitative estimate of drug-likeness (QED) is 0.186. The highest BCUT2D eigenvalue weighted by atomic mass is 16.5. The van der Waals surface area contributed by atoms with E-state index in [4.69, 9.17) is 9.47 Å². The van der Waals surface area contributed by atoms with Gasteiger partial charge in [-0.25, -0.2) is 5.43 Å². The first kappa shape index (κ1) is 27.1. The van der Waals surface area contributed by atoms with Crippen LogP contribution in [0.25, 0.3) is 0 Å². The van der Waals surface area contributed by atoms with Crippen molar-refractivity contribution < 1.29 is 19.1 Å². The second kappa shape index (κ2) is 14.1. The molecule has 0 aliphatic carbocycles. The fraction of sp³-hybridized carbons (Fsp3) is 0.156. The molecule has 0 heterocycles. The van der Waals surface area contributed by atoms with Gasteiger partial charge < -0.3 is 14.8 Å². The van der Waals surface area contributed by atoms with Crippen molar-refractivity contribution in [2.45, 2.75) is 26.0 Å². The van der Waals surface area contributed by atoms with E-state index < -0.39 is 6.04 Å². The maximum atomic E-state index is 12.8. The van der Waals surface area contributed by atoms with Crippen LogP contribution in [0.15, 0.2) is 114 Å². The van der Waals surface area contributed by atoms with Crippen molar-refractivity contribution in [3.63, 3.8) is 0 Å². The molecule has 39 heavy (non-hydrogen) atoms. The van der Waals surface area contributed by atoms with E-state index in [1.54, 1.807) is 30.5 Å². The molecule has 0 aromatic heterocycles. The number of nitrogens with one attached hydrogen (secondary N) is 2. The lowest BCUT2D eigenvalue weighted by Gasteiger charge is -2.18. The monoisotopic (exact) mass is 521 g/mol. The topological polar surface area (TPSA) is 89.0 Å². The van der Waals surface area contributed by atoms with Crippen LogP contribution in [0, 0.1) is 0 Å². The lowest BCUT2D eigenvalue weighted by molar-refractivity contribution is -0.121. The number of rotatable bonds is 12. The molecule has 0 bridgehead atoms. The Labute approximate surface area is 228 Å². The Hall–Kier alpha value is -4.91. The molecule has 0 saturated heterocycles. The minimum Gasteiger partial charge on any atom is -0.490 e. The van der Waals surface area contributed by atoms with Crippen molar-refractivity contribution in [3.8, 4) is 11.5 Å². The van der Waals surface area contributed by atoms with Gasteiger partial charge in [0, 0.05) is 5.56 Å². The second-order valence-corrected chi connectivity index (χ2v) is 8.71. The molecule has 0 spiro atoms. The first-order chi connectivity index (χ1) is 19.1. The van der Waals surface area contributed by atoms with Gasteiger partial charge in [0.05, 0.1) is 25.3 Å². The summed E-state index contributed by atoms with van der Waals surface area (Å²) >= 11 is 0. The molecule has 4 aromatic carbocycles. The summed E-state index contributed by atoms with van der Waals surface area (Å²) in [7, 11) is 0. The van der Waals surface area contributed by atoms with E-state index in [9.17, 15) is 9.59 Å². The minimum atomic E-state index is -0.514. The molecule has 2 amide bonds. The van der Waals surface area contributed by atoms with Gasteiger partial charge in [-0.3, -0.25) is 9.59 Å². The molecule has 0 unspecified atom stereocenters. The lowest BCUT2D eigenvalue weighted by Crippen LogP contribution is -2.32. The van der Waals surface area contributed by atoms with Gasteiger partial charge in [-0.05, 0) is 53.9 Å². The summed E-state index contributed by atoms with van der Waals surface area (Å²) in [6.07, 6.45) is 1.57. The number of carbonyl (C=O) groups excluding carboxylic acids is 2. The number of benzene rings is 4. The van der Waals surface area contributed by atoms with Crippen molar-refractivity contribution in [3.05, 3.63) is 131 Å². The third kappa shape index (κ3) is 8.30. The molecule has 4 rings (SSSR count). The van der Waals surface area contributed by atoms with Crippen LogP contribution in [0.2, 0.25) is 0 Å². The molecule has 0 fully saturated rings. The summed E-state index contributed by atoms with van der Waals surface area (Å²) in [5, 5.41) is 7.07. The molecule has 0 saturated carbocycles. The van der Waals surface area contributed by atoms with E-state index >= 15 is 0 Å². The van der Waals surface area contributed by atoms with E-state index in [-0.39, 0.29) is 18.2 Å². The van der Waals surface area contributed by atoms with Crippen LogP contribution in [0.5, 0.6) is 11.5 Å². The molecular weight excluding hydrogens is 490 g/mol. The highest BCUT2D eigenvalue weighted by Gasteiger charge is 2.19. The van der Waals surface area contributed by atoms with E-state index in [0.717, 1.165) is 16.7 Å². The standard InChI is InChI=1S/C32H31N3O4/c1-2-38-30-20-25(18-19-29(30)39-23-24-12-6-3-7-13-24)22-33-35-31(36)21-28(26-14-8-4-9-15-26)34-32(37)27-16-10-5-11-17-27/h3-20,22,28H,2,21,23H2,1H3,(H,34,37)(H,35,36)/b33-22-/t28-/m0/s1. The first-order valence-corrected chi connectivity index (χ1v) is 12.8. The molecule has 4 aromatic rings. The summed E-state index contributed by atoms with van der Waals surface area (Å²) in [6, 6.07) is 33.1. The molecule has 0 radical (unpaired) electrons. The van der Waals surface area contributed by atoms with Gasteiger partial charge in [0.2, 0.25) is 5.91 Å². The zero-order valence-corrected chi connectivity index (χ0v) is 21.7. The van der Waals surface area contributed by atoms with Gasteiger partial charge in [0.1, 0.15) is 6.61 Å². The van der Waals surface area contributed by atoms with Crippen molar-refractivity contribution in [2.75, 3.05) is 6.61 Å². The molecular formula is C32H31N3O4. The summed E-state index contributed by atoms with van der Waals surface area (Å²) in [6.45, 7) is 2.81. The van der Waals surface area contributed by atoms with E-state index in [2.05, 4.69) is 15.8 Å². The normalized spacial score (nSPS) is 11.5. The Balaban J connectivity index is 1.38. The minimum absolute atomic E-state index is 0.0242. The fourth-order valence-corrected chi connectivity index (χ4v) is 3.91. The van der Waals surface area contributed by atoms with Crippen molar-refractivity contribution in [2.24, 2.45) is 5.10 Å². The fourth-order valence-electron chi connectivity index (χ4n) is 3.91. The first-order valence-electron chi connectivity index (χ1n) is 12.8.